The fourth-order valence-corrected chi connectivity index (χ4v) is 1.36. The van der Waals surface area contributed by atoms with E-state index in [0.29, 0.717) is 0 Å². The molecule has 0 saturated carbocycles. The van der Waals surface area contributed by atoms with Gasteiger partial charge in [0.15, 0.2) is 0 Å². The Bertz CT molecular complexity index is 270. The van der Waals surface area contributed by atoms with E-state index in [1.165, 1.54) is 11.1 Å². The van der Waals surface area contributed by atoms with Crippen molar-refractivity contribution in [2.75, 3.05) is 6.61 Å². The highest BCUT2D eigenvalue weighted by atomic mass is 16.3. The zero-order valence-electron chi connectivity index (χ0n) is 8.20. The highest BCUT2D eigenvalue weighted by molar-refractivity contribution is 5.24. The lowest BCUT2D eigenvalue weighted by atomic mass is 9.98. The van der Waals surface area contributed by atoms with Gasteiger partial charge < -0.3 is 5.11 Å². The fourth-order valence-electron chi connectivity index (χ4n) is 1.36. The lowest BCUT2D eigenvalue weighted by molar-refractivity contribution is 0.283. The maximum Gasteiger partial charge on any atom is 0.0534 e. The minimum absolute atomic E-state index is 0.145. The summed E-state index contributed by atoms with van der Waals surface area (Å²) in [5, 5.41) is 9.18. The Labute approximate surface area is 79.7 Å². The van der Waals surface area contributed by atoms with Crippen LogP contribution in [0.2, 0.25) is 0 Å². The zero-order chi connectivity index (χ0) is 9.68. The molecule has 0 aromatic heterocycles. The number of aliphatic hydroxyl groups excluding tert-OH is 1. The highest BCUT2D eigenvalue weighted by Gasteiger charge is 2.05. The molecule has 0 aliphatic rings. The van der Waals surface area contributed by atoms with Gasteiger partial charge in [0.1, 0.15) is 0 Å². The van der Waals surface area contributed by atoms with Gasteiger partial charge in [-0.25, -0.2) is 0 Å². The summed E-state index contributed by atoms with van der Waals surface area (Å²) in [4.78, 5) is 0. The molecule has 1 N–H and O–H groups in total. The van der Waals surface area contributed by atoms with Crippen molar-refractivity contribution < 1.29 is 5.11 Å². The predicted octanol–water partition coefficient (Wildman–Crippen LogP) is 2.73. The molecular formula is C12H16O. The first kappa shape index (κ1) is 10.0. The minimum Gasteiger partial charge on any atom is -0.395 e. The first-order valence-corrected chi connectivity index (χ1v) is 4.55. The van der Waals surface area contributed by atoms with Crippen molar-refractivity contribution in [1.82, 2.24) is 0 Å². The van der Waals surface area contributed by atoms with Crippen molar-refractivity contribution in [3.63, 3.8) is 0 Å². The summed E-state index contributed by atoms with van der Waals surface area (Å²) < 4.78 is 0. The van der Waals surface area contributed by atoms with Crippen LogP contribution in [0.15, 0.2) is 42.0 Å². The summed E-state index contributed by atoms with van der Waals surface area (Å²) in [7, 11) is 0. The van der Waals surface area contributed by atoms with Gasteiger partial charge in [0.2, 0.25) is 0 Å². The molecule has 13 heavy (non-hydrogen) atoms. The number of rotatable bonds is 3. The largest absolute Gasteiger partial charge is 0.395 e. The summed E-state index contributed by atoms with van der Waals surface area (Å²) in [5.74, 6) is 0.145. The number of hydrogen-bond acceptors (Lipinski definition) is 1. The molecule has 1 rings (SSSR count). The third-order valence-electron chi connectivity index (χ3n) is 1.96. The summed E-state index contributed by atoms with van der Waals surface area (Å²) in [6.45, 7) is 4.27. The fraction of sp³-hybridized carbons (Fsp3) is 0.333. The smallest absolute Gasteiger partial charge is 0.0534 e. The molecule has 0 fully saturated rings. The van der Waals surface area contributed by atoms with Crippen molar-refractivity contribution >= 4 is 0 Å². The molecule has 1 unspecified atom stereocenters. The molecule has 0 saturated heterocycles. The SMILES string of the molecule is CC(C)=CC(CO)c1ccccc1. The van der Waals surface area contributed by atoms with Crippen LogP contribution in [-0.4, -0.2) is 11.7 Å². The van der Waals surface area contributed by atoms with E-state index in [9.17, 15) is 5.11 Å². The second-order valence-electron chi connectivity index (χ2n) is 3.44. The van der Waals surface area contributed by atoms with E-state index in [0.717, 1.165) is 0 Å². The number of hydrogen-bond donors (Lipinski definition) is 1. The van der Waals surface area contributed by atoms with Crippen LogP contribution in [0.25, 0.3) is 0 Å². The molecule has 1 atom stereocenters. The zero-order valence-corrected chi connectivity index (χ0v) is 8.20. The molecule has 1 nitrogen and oxygen atoms in total. The van der Waals surface area contributed by atoms with E-state index in [1.807, 2.05) is 44.2 Å². The second-order valence-corrected chi connectivity index (χ2v) is 3.44. The third kappa shape index (κ3) is 3.03. The maximum absolute atomic E-state index is 9.18. The molecule has 1 aromatic rings. The van der Waals surface area contributed by atoms with Crippen LogP contribution in [0.1, 0.15) is 25.3 Å². The predicted molar refractivity (Wildman–Crippen MR) is 55.7 cm³/mol. The van der Waals surface area contributed by atoms with Gasteiger partial charge >= 0.3 is 0 Å². The molecule has 0 aliphatic carbocycles. The Morgan fingerprint density at radius 2 is 1.92 bits per heavy atom. The van der Waals surface area contributed by atoms with E-state index < -0.39 is 0 Å². The van der Waals surface area contributed by atoms with Crippen LogP contribution in [0, 0.1) is 0 Å². The van der Waals surface area contributed by atoms with E-state index in [1.54, 1.807) is 0 Å². The molecule has 0 radical (unpaired) electrons. The van der Waals surface area contributed by atoms with E-state index in [4.69, 9.17) is 0 Å². The van der Waals surface area contributed by atoms with Gasteiger partial charge in [-0.2, -0.15) is 0 Å². The molecule has 0 bridgehead atoms. The van der Waals surface area contributed by atoms with Crippen molar-refractivity contribution in [2.45, 2.75) is 19.8 Å². The standard InChI is InChI=1S/C12H16O/c1-10(2)8-12(9-13)11-6-4-3-5-7-11/h3-8,12-13H,9H2,1-2H3. The molecule has 0 heterocycles. The Morgan fingerprint density at radius 1 is 1.31 bits per heavy atom. The highest BCUT2D eigenvalue weighted by Crippen LogP contribution is 2.17. The lowest BCUT2D eigenvalue weighted by Gasteiger charge is -2.10. The van der Waals surface area contributed by atoms with Gasteiger partial charge in [0.25, 0.3) is 0 Å². The van der Waals surface area contributed by atoms with Crippen molar-refractivity contribution in [3.05, 3.63) is 47.5 Å². The van der Waals surface area contributed by atoms with Crippen LogP contribution >= 0.6 is 0 Å². The van der Waals surface area contributed by atoms with Gasteiger partial charge in [-0.05, 0) is 19.4 Å². The topological polar surface area (TPSA) is 20.2 Å². The van der Waals surface area contributed by atoms with Crippen LogP contribution in [0.5, 0.6) is 0 Å². The van der Waals surface area contributed by atoms with E-state index in [-0.39, 0.29) is 12.5 Å². The average molecular weight is 176 g/mol. The molecule has 0 amide bonds. The van der Waals surface area contributed by atoms with E-state index >= 15 is 0 Å². The van der Waals surface area contributed by atoms with E-state index in [2.05, 4.69) is 6.08 Å². The number of aliphatic hydroxyl groups is 1. The minimum atomic E-state index is 0.145. The molecule has 70 valence electrons. The van der Waals surface area contributed by atoms with Gasteiger partial charge in [-0.3, -0.25) is 0 Å². The molecule has 0 aliphatic heterocycles. The monoisotopic (exact) mass is 176 g/mol. The van der Waals surface area contributed by atoms with Gasteiger partial charge in [0.05, 0.1) is 6.61 Å². The second kappa shape index (κ2) is 4.83. The lowest BCUT2D eigenvalue weighted by Crippen LogP contribution is -2.00. The van der Waals surface area contributed by atoms with Crippen LogP contribution in [0.3, 0.4) is 0 Å². The molecule has 0 spiro atoms. The summed E-state index contributed by atoms with van der Waals surface area (Å²) >= 11 is 0. The first-order valence-electron chi connectivity index (χ1n) is 4.55. The van der Waals surface area contributed by atoms with Crippen LogP contribution < -0.4 is 0 Å². The van der Waals surface area contributed by atoms with Crippen LogP contribution in [0.4, 0.5) is 0 Å². The Hall–Kier alpha value is -1.08. The summed E-state index contributed by atoms with van der Waals surface area (Å²) in [6.07, 6.45) is 2.09. The summed E-state index contributed by atoms with van der Waals surface area (Å²) in [6, 6.07) is 10.1. The average Bonchev–Trinajstić information content (AvgIpc) is 2.15. The summed E-state index contributed by atoms with van der Waals surface area (Å²) in [5.41, 5.74) is 2.41. The third-order valence-corrected chi connectivity index (χ3v) is 1.96. The maximum atomic E-state index is 9.18. The Balaban J connectivity index is 2.85. The normalized spacial score (nSPS) is 12.2. The Morgan fingerprint density at radius 3 is 2.38 bits per heavy atom. The van der Waals surface area contributed by atoms with Crippen molar-refractivity contribution in [2.24, 2.45) is 0 Å². The number of allylic oxidation sites excluding steroid dienone is 1. The molecular weight excluding hydrogens is 160 g/mol. The van der Waals surface area contributed by atoms with Crippen molar-refractivity contribution in [1.29, 1.82) is 0 Å². The Kier molecular flexibility index (Phi) is 3.71. The van der Waals surface area contributed by atoms with Crippen molar-refractivity contribution in [3.8, 4) is 0 Å². The first-order chi connectivity index (χ1) is 6.24. The van der Waals surface area contributed by atoms with Gasteiger partial charge in [0, 0.05) is 5.92 Å². The van der Waals surface area contributed by atoms with Gasteiger partial charge in [-0.1, -0.05) is 42.0 Å². The quantitative estimate of drug-likeness (QED) is 0.702. The number of benzene rings is 1. The van der Waals surface area contributed by atoms with Gasteiger partial charge in [-0.15, -0.1) is 0 Å². The molecule has 1 heteroatoms. The van der Waals surface area contributed by atoms with Crippen LogP contribution in [-0.2, 0) is 0 Å². The molecule has 1 aromatic carbocycles.